The van der Waals surface area contributed by atoms with Crippen molar-refractivity contribution in [1.29, 1.82) is 0 Å². The van der Waals surface area contributed by atoms with Crippen LogP contribution >= 0.6 is 0 Å². The molecule has 5 unspecified atom stereocenters. The molecule has 2 aliphatic rings. The molecule has 27 heavy (non-hydrogen) atoms. The van der Waals surface area contributed by atoms with E-state index in [1.807, 2.05) is 30.3 Å². The van der Waals surface area contributed by atoms with Crippen molar-refractivity contribution >= 4 is 11.7 Å². The Kier molecular flexibility index (Phi) is 6.49. The molecule has 6 heteroatoms. The molecule has 0 spiro atoms. The fourth-order valence-electron chi connectivity index (χ4n) is 3.81. The van der Waals surface area contributed by atoms with Gasteiger partial charge < -0.3 is 20.2 Å². The van der Waals surface area contributed by atoms with Gasteiger partial charge in [-0.15, -0.1) is 0 Å². The lowest BCUT2D eigenvalue weighted by atomic mass is 9.71. The topological polar surface area (TPSA) is 99.4 Å². The zero-order valence-electron chi connectivity index (χ0n) is 15.1. The second kappa shape index (κ2) is 9.03. The Morgan fingerprint density at radius 2 is 2.11 bits per heavy atom. The molecule has 0 aromatic heterocycles. The number of benzene rings is 1. The first-order valence-corrected chi connectivity index (χ1v) is 9.36. The molecule has 0 amide bonds. The lowest BCUT2D eigenvalue weighted by Crippen LogP contribution is -2.36. The van der Waals surface area contributed by atoms with Crippen molar-refractivity contribution in [1.82, 2.24) is 0 Å². The number of nitrogens with zero attached hydrogens (tertiary/aromatic N) is 1. The van der Waals surface area contributed by atoms with Gasteiger partial charge in [0.1, 0.15) is 12.7 Å². The fourth-order valence-corrected chi connectivity index (χ4v) is 3.81. The van der Waals surface area contributed by atoms with E-state index in [0.29, 0.717) is 19.3 Å². The van der Waals surface area contributed by atoms with E-state index >= 15 is 0 Å². The van der Waals surface area contributed by atoms with Crippen molar-refractivity contribution in [3.63, 3.8) is 0 Å². The number of aliphatic hydroxyl groups is 2. The molecule has 0 heterocycles. The number of aliphatic hydroxyl groups excluding tert-OH is 2. The second-order valence-corrected chi connectivity index (χ2v) is 7.21. The number of hydrogen-bond donors (Lipinski definition) is 3. The first-order valence-electron chi connectivity index (χ1n) is 9.36. The lowest BCUT2D eigenvalue weighted by molar-refractivity contribution is -0.137. The van der Waals surface area contributed by atoms with E-state index in [-0.39, 0.29) is 30.8 Å². The summed E-state index contributed by atoms with van der Waals surface area (Å²) >= 11 is 0. The molecule has 0 radical (unpaired) electrons. The van der Waals surface area contributed by atoms with Crippen LogP contribution in [0.4, 0.5) is 0 Å². The van der Waals surface area contributed by atoms with Crippen molar-refractivity contribution in [2.75, 3.05) is 6.61 Å². The van der Waals surface area contributed by atoms with Crippen LogP contribution in [0.25, 0.3) is 0 Å². The molecule has 0 bridgehead atoms. The Balaban J connectivity index is 1.48. The standard InChI is InChI=1S/C21H25NO5/c23-15(11-14-5-2-1-3-6-14)8-9-16-17-12-19(18(17)13-20(16)24)22-27-10-4-7-21(25)26/h1-3,5-6,15-18,20,23-24H,4,7,10-13H2,(H,25,26). The van der Waals surface area contributed by atoms with Gasteiger partial charge in [-0.2, -0.15) is 0 Å². The molecular formula is C21H25NO5. The second-order valence-electron chi connectivity index (χ2n) is 7.21. The van der Waals surface area contributed by atoms with E-state index < -0.39 is 18.2 Å². The van der Waals surface area contributed by atoms with Gasteiger partial charge in [0.15, 0.2) is 0 Å². The summed E-state index contributed by atoms with van der Waals surface area (Å²) in [7, 11) is 0. The zero-order chi connectivity index (χ0) is 19.2. The molecule has 1 aromatic rings. The smallest absolute Gasteiger partial charge is 0.303 e. The van der Waals surface area contributed by atoms with Gasteiger partial charge >= 0.3 is 5.97 Å². The predicted octanol–water partition coefficient (Wildman–Crippen LogP) is 1.85. The first kappa shape index (κ1) is 19.4. The van der Waals surface area contributed by atoms with E-state index in [0.717, 1.165) is 17.7 Å². The number of hydrogen-bond acceptors (Lipinski definition) is 5. The molecule has 6 nitrogen and oxygen atoms in total. The highest BCUT2D eigenvalue weighted by Gasteiger charge is 2.51. The Morgan fingerprint density at radius 3 is 2.85 bits per heavy atom. The molecular weight excluding hydrogens is 346 g/mol. The van der Waals surface area contributed by atoms with Crippen LogP contribution in [0.3, 0.4) is 0 Å². The summed E-state index contributed by atoms with van der Waals surface area (Å²) in [4.78, 5) is 15.6. The SMILES string of the molecule is O=C(O)CCCON=C1CC2C1CC(O)C2C#CC(O)Cc1ccccc1. The molecule has 2 aliphatic carbocycles. The maximum absolute atomic E-state index is 10.4. The summed E-state index contributed by atoms with van der Waals surface area (Å²) in [5, 5.41) is 33.1. The van der Waals surface area contributed by atoms with Gasteiger partial charge in [0.05, 0.1) is 17.7 Å². The molecule has 0 aliphatic heterocycles. The summed E-state index contributed by atoms with van der Waals surface area (Å²) in [5.41, 5.74) is 1.95. The van der Waals surface area contributed by atoms with Crippen LogP contribution in [0.5, 0.6) is 0 Å². The maximum Gasteiger partial charge on any atom is 0.303 e. The minimum Gasteiger partial charge on any atom is -0.481 e. The molecule has 3 rings (SSSR count). The van der Waals surface area contributed by atoms with Crippen LogP contribution in [0.1, 0.15) is 31.2 Å². The molecule has 1 aromatic carbocycles. The van der Waals surface area contributed by atoms with E-state index in [2.05, 4.69) is 17.0 Å². The monoisotopic (exact) mass is 371 g/mol. The minimum absolute atomic E-state index is 0.0680. The molecule has 144 valence electrons. The van der Waals surface area contributed by atoms with Crippen LogP contribution in [-0.2, 0) is 16.1 Å². The minimum atomic E-state index is -0.843. The Bertz CT molecular complexity index is 736. The number of carboxylic acids is 1. The Labute approximate surface area is 158 Å². The van der Waals surface area contributed by atoms with Gasteiger partial charge in [-0.05, 0) is 30.7 Å². The van der Waals surface area contributed by atoms with Crippen molar-refractivity contribution in [3.05, 3.63) is 35.9 Å². The van der Waals surface area contributed by atoms with Gasteiger partial charge in [0, 0.05) is 18.8 Å². The van der Waals surface area contributed by atoms with Crippen LogP contribution in [0.15, 0.2) is 35.5 Å². The van der Waals surface area contributed by atoms with E-state index in [1.165, 1.54) is 0 Å². The summed E-state index contributed by atoms with van der Waals surface area (Å²) in [5.74, 6) is 5.40. The number of fused-ring (bicyclic) bond motifs is 1. The normalized spacial score (nSPS) is 28.6. The lowest BCUT2D eigenvalue weighted by Gasteiger charge is -2.33. The summed E-state index contributed by atoms with van der Waals surface area (Å²) < 4.78 is 0. The van der Waals surface area contributed by atoms with Crippen LogP contribution in [0.2, 0.25) is 0 Å². The van der Waals surface area contributed by atoms with E-state index in [9.17, 15) is 15.0 Å². The zero-order valence-corrected chi connectivity index (χ0v) is 15.1. The summed E-state index contributed by atoms with van der Waals surface area (Å²) in [6, 6.07) is 9.70. The van der Waals surface area contributed by atoms with Gasteiger partial charge in [-0.1, -0.05) is 47.3 Å². The van der Waals surface area contributed by atoms with E-state index in [4.69, 9.17) is 9.94 Å². The van der Waals surface area contributed by atoms with Crippen LogP contribution in [0, 0.1) is 29.6 Å². The quantitative estimate of drug-likeness (QED) is 0.386. The van der Waals surface area contributed by atoms with E-state index in [1.54, 1.807) is 0 Å². The third-order valence-corrected chi connectivity index (χ3v) is 5.26. The molecule has 3 N–H and O–H groups in total. The average Bonchev–Trinajstić information content (AvgIpc) is 2.87. The number of carbonyl (C=O) groups is 1. The van der Waals surface area contributed by atoms with Crippen LogP contribution < -0.4 is 0 Å². The first-order chi connectivity index (χ1) is 13.0. The largest absolute Gasteiger partial charge is 0.481 e. The highest BCUT2D eigenvalue weighted by molar-refractivity contribution is 5.93. The number of carboxylic acid groups (broad SMARTS) is 1. The molecule has 2 saturated carbocycles. The third kappa shape index (κ3) is 5.09. The highest BCUT2D eigenvalue weighted by Crippen LogP contribution is 2.48. The van der Waals surface area contributed by atoms with Crippen molar-refractivity contribution in [2.24, 2.45) is 22.9 Å². The van der Waals surface area contributed by atoms with Gasteiger partial charge in [0.25, 0.3) is 0 Å². The highest BCUT2D eigenvalue weighted by atomic mass is 16.6. The number of rotatable bonds is 7. The average molecular weight is 371 g/mol. The number of aliphatic carboxylic acids is 1. The fraction of sp³-hybridized carbons (Fsp3) is 0.524. The van der Waals surface area contributed by atoms with Crippen molar-refractivity contribution in [2.45, 2.75) is 44.3 Å². The molecule has 5 atom stereocenters. The predicted molar refractivity (Wildman–Crippen MR) is 99.9 cm³/mol. The van der Waals surface area contributed by atoms with Crippen molar-refractivity contribution < 1.29 is 25.0 Å². The van der Waals surface area contributed by atoms with Gasteiger partial charge in [0.2, 0.25) is 0 Å². The molecule has 0 saturated heterocycles. The Morgan fingerprint density at radius 1 is 1.33 bits per heavy atom. The summed E-state index contributed by atoms with van der Waals surface area (Å²) in [6.07, 6.45) is 1.04. The number of oxime groups is 1. The van der Waals surface area contributed by atoms with Crippen molar-refractivity contribution in [3.8, 4) is 11.8 Å². The summed E-state index contributed by atoms with van der Waals surface area (Å²) in [6.45, 7) is 0.282. The molecule has 2 fully saturated rings. The third-order valence-electron chi connectivity index (χ3n) is 5.26. The van der Waals surface area contributed by atoms with Gasteiger partial charge in [-0.25, -0.2) is 0 Å². The Hall–Kier alpha value is -2.36. The van der Waals surface area contributed by atoms with Crippen LogP contribution in [-0.4, -0.2) is 45.8 Å². The maximum atomic E-state index is 10.4. The van der Waals surface area contributed by atoms with Gasteiger partial charge in [-0.3, -0.25) is 4.79 Å².